The van der Waals surface area contributed by atoms with Gasteiger partial charge in [-0.2, -0.15) is 0 Å². The number of rotatable bonds is 19. The molecule has 0 aliphatic carbocycles. The van der Waals surface area contributed by atoms with E-state index >= 15 is 0 Å². The lowest BCUT2D eigenvalue weighted by molar-refractivity contribution is -0.147. The van der Waals surface area contributed by atoms with Crippen LogP contribution in [0.3, 0.4) is 0 Å². The first kappa shape index (κ1) is 36.7. The van der Waals surface area contributed by atoms with Crippen LogP contribution in [0, 0.1) is 11.8 Å². The molecule has 0 fully saturated rings. The number of nitrogens with one attached hydrogen (secondary N) is 4. The van der Waals surface area contributed by atoms with Crippen LogP contribution in [0.5, 0.6) is 0 Å². The zero-order valence-corrected chi connectivity index (χ0v) is 23.2. The second kappa shape index (κ2) is 17.4. The summed E-state index contributed by atoms with van der Waals surface area (Å²) in [5.74, 6) is -10.6. The van der Waals surface area contributed by atoms with Gasteiger partial charge in [-0.3, -0.25) is 33.6 Å². The Morgan fingerprint density at radius 1 is 0.561 bits per heavy atom. The van der Waals surface area contributed by atoms with Gasteiger partial charge in [0.2, 0.25) is 23.6 Å². The predicted molar refractivity (Wildman–Crippen MR) is 139 cm³/mol. The van der Waals surface area contributed by atoms with Gasteiger partial charge in [0.15, 0.2) is 0 Å². The van der Waals surface area contributed by atoms with Crippen molar-refractivity contribution < 1.29 is 58.8 Å². The Hall–Kier alpha value is -4.28. The molecule has 0 aromatic carbocycles. The summed E-state index contributed by atoms with van der Waals surface area (Å²) in [5, 5.41) is 45.1. The first-order valence-electron chi connectivity index (χ1n) is 12.7. The Kier molecular flexibility index (Phi) is 15.6. The topological polar surface area (TPSA) is 292 Å². The average Bonchev–Trinajstić information content (AvgIpc) is 2.84. The Bertz CT molecular complexity index is 1000. The van der Waals surface area contributed by atoms with E-state index < -0.39 is 109 Å². The summed E-state index contributed by atoms with van der Waals surface area (Å²) in [4.78, 5) is 95.8. The fourth-order valence-corrected chi connectivity index (χ4v) is 3.34. The third-order valence-corrected chi connectivity index (χ3v) is 5.82. The number of nitrogens with two attached hydrogens (primary N) is 1. The van der Waals surface area contributed by atoms with Crippen LogP contribution < -0.4 is 27.0 Å². The van der Waals surface area contributed by atoms with Gasteiger partial charge in [-0.1, -0.05) is 27.7 Å². The second-order valence-corrected chi connectivity index (χ2v) is 9.98. The maximum absolute atomic E-state index is 13.1. The van der Waals surface area contributed by atoms with Crippen LogP contribution in [-0.2, 0) is 38.4 Å². The maximum atomic E-state index is 13.1. The van der Waals surface area contributed by atoms with Crippen LogP contribution in [0.2, 0.25) is 0 Å². The third kappa shape index (κ3) is 14.1. The lowest BCUT2D eigenvalue weighted by Gasteiger charge is -2.27. The number of carboxylic acid groups (broad SMARTS) is 4. The van der Waals surface area contributed by atoms with Gasteiger partial charge in [-0.05, 0) is 24.7 Å². The molecule has 0 saturated heterocycles. The normalized spacial score (nSPS) is 14.6. The highest BCUT2D eigenvalue weighted by molar-refractivity contribution is 5.96. The van der Waals surface area contributed by atoms with E-state index in [2.05, 4.69) is 16.0 Å². The van der Waals surface area contributed by atoms with E-state index in [-0.39, 0.29) is 12.3 Å². The highest BCUT2D eigenvalue weighted by Crippen LogP contribution is 2.08. The van der Waals surface area contributed by atoms with Gasteiger partial charge in [0.05, 0.1) is 12.5 Å². The van der Waals surface area contributed by atoms with Gasteiger partial charge < -0.3 is 47.4 Å². The molecule has 41 heavy (non-hydrogen) atoms. The molecule has 232 valence electrons. The molecular formula is C24H39N5O12. The minimum absolute atomic E-state index is 0.331. The molecule has 0 aliphatic heterocycles. The van der Waals surface area contributed by atoms with E-state index in [1.165, 1.54) is 13.8 Å². The minimum Gasteiger partial charge on any atom is -0.481 e. The van der Waals surface area contributed by atoms with Crippen molar-refractivity contribution >= 4 is 47.5 Å². The third-order valence-electron chi connectivity index (χ3n) is 5.82. The van der Waals surface area contributed by atoms with Crippen LogP contribution in [0.4, 0.5) is 0 Å². The zero-order valence-electron chi connectivity index (χ0n) is 23.2. The molecule has 4 amide bonds. The molecule has 0 spiro atoms. The number of amides is 4. The first-order valence-corrected chi connectivity index (χ1v) is 12.7. The predicted octanol–water partition coefficient (Wildman–Crippen LogP) is -2.15. The van der Waals surface area contributed by atoms with Crippen molar-refractivity contribution in [2.45, 2.75) is 90.0 Å². The molecule has 0 saturated carbocycles. The molecule has 0 aromatic heterocycles. The van der Waals surface area contributed by atoms with Crippen molar-refractivity contribution in [3.8, 4) is 0 Å². The van der Waals surface area contributed by atoms with Crippen LogP contribution in [-0.4, -0.2) is 98.1 Å². The SMILES string of the molecule is CC(C)[C@H](N)C(=O)N[C@@H](CCC(=O)O)C(=O)N[C@@H](CCC(=O)O)C(=O)N[C@H](C(=O)N[C@@H](CC(=O)O)C(=O)O)C(C)C. The highest BCUT2D eigenvalue weighted by Gasteiger charge is 2.34. The number of carbonyl (C=O) groups excluding carboxylic acids is 4. The second-order valence-electron chi connectivity index (χ2n) is 9.98. The molecule has 5 atom stereocenters. The Labute approximate surface area is 235 Å². The molecule has 0 rings (SSSR count). The van der Waals surface area contributed by atoms with Crippen LogP contribution in [0.15, 0.2) is 0 Å². The van der Waals surface area contributed by atoms with Crippen LogP contribution in [0.1, 0.15) is 59.8 Å². The van der Waals surface area contributed by atoms with E-state index in [9.17, 15) is 43.5 Å². The van der Waals surface area contributed by atoms with E-state index in [0.717, 1.165) is 0 Å². The summed E-state index contributed by atoms with van der Waals surface area (Å²) in [6.45, 7) is 6.25. The number of aliphatic carboxylic acids is 4. The molecular weight excluding hydrogens is 550 g/mol. The van der Waals surface area contributed by atoms with Gasteiger partial charge in [0, 0.05) is 12.8 Å². The summed E-state index contributed by atoms with van der Waals surface area (Å²) in [6.07, 6.45) is -2.95. The van der Waals surface area contributed by atoms with Crippen molar-refractivity contribution in [1.29, 1.82) is 0 Å². The Morgan fingerprint density at radius 2 is 0.976 bits per heavy atom. The standard InChI is InChI=1S/C24H39N5O12/c1-10(2)18(25)22(38)27-12(5-7-15(30)31)20(36)26-13(6-8-16(32)33)21(37)29-19(11(3)4)23(39)28-14(24(40)41)9-17(34)35/h10-14,18-19H,5-9,25H2,1-4H3,(H,26,36)(H,27,38)(H,28,39)(H,29,37)(H,30,31)(H,32,33)(H,34,35)(H,40,41)/t12-,13-,14-,18-,19-/m0/s1. The van der Waals surface area contributed by atoms with Gasteiger partial charge in [-0.15, -0.1) is 0 Å². The van der Waals surface area contributed by atoms with Crippen molar-refractivity contribution in [1.82, 2.24) is 21.3 Å². The summed E-state index contributed by atoms with van der Waals surface area (Å²) in [6, 6.07) is -7.31. The van der Waals surface area contributed by atoms with Crippen LogP contribution in [0.25, 0.3) is 0 Å². The van der Waals surface area contributed by atoms with E-state index in [1.54, 1.807) is 13.8 Å². The number of hydrogen-bond acceptors (Lipinski definition) is 9. The van der Waals surface area contributed by atoms with E-state index in [4.69, 9.17) is 21.1 Å². The van der Waals surface area contributed by atoms with Crippen molar-refractivity contribution in [3.05, 3.63) is 0 Å². The molecule has 0 heterocycles. The summed E-state index contributed by atoms with van der Waals surface area (Å²) < 4.78 is 0. The molecule has 0 aliphatic rings. The summed E-state index contributed by atoms with van der Waals surface area (Å²) >= 11 is 0. The fourth-order valence-electron chi connectivity index (χ4n) is 3.34. The van der Waals surface area contributed by atoms with E-state index in [0.29, 0.717) is 0 Å². The average molecular weight is 590 g/mol. The summed E-state index contributed by atoms with van der Waals surface area (Å²) in [7, 11) is 0. The lowest BCUT2D eigenvalue weighted by atomic mass is 10.0. The van der Waals surface area contributed by atoms with Crippen molar-refractivity contribution in [2.24, 2.45) is 17.6 Å². The Morgan fingerprint density at radius 3 is 1.34 bits per heavy atom. The fraction of sp³-hybridized carbons (Fsp3) is 0.667. The van der Waals surface area contributed by atoms with E-state index in [1.807, 2.05) is 5.32 Å². The van der Waals surface area contributed by atoms with Crippen LogP contribution >= 0.6 is 0 Å². The van der Waals surface area contributed by atoms with Gasteiger partial charge >= 0.3 is 23.9 Å². The number of carbonyl (C=O) groups is 8. The van der Waals surface area contributed by atoms with Gasteiger partial charge in [0.25, 0.3) is 0 Å². The van der Waals surface area contributed by atoms with Gasteiger partial charge in [0.1, 0.15) is 24.2 Å². The first-order chi connectivity index (χ1) is 18.9. The highest BCUT2D eigenvalue weighted by atomic mass is 16.4. The zero-order chi connectivity index (χ0) is 32.0. The molecule has 0 unspecified atom stereocenters. The van der Waals surface area contributed by atoms with Crippen molar-refractivity contribution in [3.63, 3.8) is 0 Å². The number of hydrogen-bond donors (Lipinski definition) is 9. The molecule has 0 aromatic rings. The largest absolute Gasteiger partial charge is 0.481 e. The summed E-state index contributed by atoms with van der Waals surface area (Å²) in [5.41, 5.74) is 5.79. The quantitative estimate of drug-likeness (QED) is 0.0777. The number of carboxylic acids is 4. The molecule has 17 nitrogen and oxygen atoms in total. The lowest BCUT2D eigenvalue weighted by Crippen LogP contribution is -2.59. The molecule has 0 bridgehead atoms. The minimum atomic E-state index is -1.81. The molecule has 0 radical (unpaired) electrons. The van der Waals surface area contributed by atoms with Crippen molar-refractivity contribution in [2.75, 3.05) is 0 Å². The monoisotopic (exact) mass is 589 g/mol. The smallest absolute Gasteiger partial charge is 0.326 e. The van der Waals surface area contributed by atoms with Gasteiger partial charge in [-0.25, -0.2) is 4.79 Å². The molecule has 17 heteroatoms. The maximum Gasteiger partial charge on any atom is 0.326 e. The Balaban J connectivity index is 5.94. The molecule has 10 N–H and O–H groups in total.